The summed E-state index contributed by atoms with van der Waals surface area (Å²) in [4.78, 5) is 2.13. The molecule has 2 aromatic rings. The van der Waals surface area contributed by atoms with E-state index in [1.807, 2.05) is 55.6 Å². The third kappa shape index (κ3) is 3.49. The molecule has 0 aliphatic heterocycles. The van der Waals surface area contributed by atoms with Gasteiger partial charge in [-0.05, 0) is 36.2 Å². The molecule has 19 heavy (non-hydrogen) atoms. The van der Waals surface area contributed by atoms with Crippen LogP contribution in [0.25, 0.3) is 0 Å². The smallest absolute Gasteiger partial charge is 0.0761 e. The van der Waals surface area contributed by atoms with Crippen LogP contribution in [0.4, 0.5) is 5.69 Å². The van der Waals surface area contributed by atoms with Crippen LogP contribution in [0, 0.1) is 0 Å². The van der Waals surface area contributed by atoms with Gasteiger partial charge in [-0.1, -0.05) is 41.9 Å². The fourth-order valence-electron chi connectivity index (χ4n) is 1.98. The van der Waals surface area contributed by atoms with E-state index in [1.54, 1.807) is 6.92 Å². The average Bonchev–Trinajstić information content (AvgIpc) is 2.41. The van der Waals surface area contributed by atoms with Crippen LogP contribution < -0.4 is 4.90 Å². The lowest BCUT2D eigenvalue weighted by atomic mass is 10.1. The van der Waals surface area contributed by atoms with E-state index in [0.717, 1.165) is 28.4 Å². The first-order valence-electron chi connectivity index (χ1n) is 6.30. The molecule has 3 heteroatoms. The summed E-state index contributed by atoms with van der Waals surface area (Å²) < 4.78 is 0. The molecule has 0 saturated carbocycles. The summed E-state index contributed by atoms with van der Waals surface area (Å²) in [6.45, 7) is 2.52. The van der Waals surface area contributed by atoms with Crippen LogP contribution in [0.2, 0.25) is 5.02 Å². The fraction of sp³-hybridized carbons (Fsp3) is 0.250. The molecule has 0 spiro atoms. The summed E-state index contributed by atoms with van der Waals surface area (Å²) in [5.74, 6) is 0. The topological polar surface area (TPSA) is 23.5 Å². The Morgan fingerprint density at radius 2 is 1.74 bits per heavy atom. The van der Waals surface area contributed by atoms with Crippen molar-refractivity contribution in [2.45, 2.75) is 19.6 Å². The lowest BCUT2D eigenvalue weighted by Crippen LogP contribution is -2.16. The molecule has 0 fully saturated rings. The maximum atomic E-state index is 9.49. The van der Waals surface area contributed by atoms with Crippen molar-refractivity contribution in [3.63, 3.8) is 0 Å². The quantitative estimate of drug-likeness (QED) is 0.911. The molecule has 2 aromatic carbocycles. The molecule has 100 valence electrons. The lowest BCUT2D eigenvalue weighted by molar-refractivity contribution is 0.199. The minimum absolute atomic E-state index is 0.428. The zero-order valence-electron chi connectivity index (χ0n) is 11.2. The van der Waals surface area contributed by atoms with E-state index in [2.05, 4.69) is 4.90 Å². The highest BCUT2D eigenvalue weighted by atomic mass is 35.5. The highest BCUT2D eigenvalue weighted by Crippen LogP contribution is 2.22. The van der Waals surface area contributed by atoms with Gasteiger partial charge >= 0.3 is 0 Å². The van der Waals surface area contributed by atoms with Gasteiger partial charge < -0.3 is 10.0 Å². The van der Waals surface area contributed by atoms with Gasteiger partial charge in [-0.25, -0.2) is 0 Å². The Kier molecular flexibility index (Phi) is 4.46. The molecule has 1 atom stereocenters. The largest absolute Gasteiger partial charge is 0.389 e. The SMILES string of the molecule is CC(O)c1ccc(N(C)Cc2ccccc2Cl)cc1. The zero-order chi connectivity index (χ0) is 13.8. The third-order valence-corrected chi connectivity index (χ3v) is 3.55. The van der Waals surface area contributed by atoms with E-state index in [9.17, 15) is 5.11 Å². The first-order chi connectivity index (χ1) is 9.08. The summed E-state index contributed by atoms with van der Waals surface area (Å²) in [6, 6.07) is 15.8. The first-order valence-corrected chi connectivity index (χ1v) is 6.68. The lowest BCUT2D eigenvalue weighted by Gasteiger charge is -2.20. The Labute approximate surface area is 119 Å². The zero-order valence-corrected chi connectivity index (χ0v) is 11.9. The number of aliphatic hydroxyl groups excluding tert-OH is 1. The van der Waals surface area contributed by atoms with Crippen molar-refractivity contribution in [3.8, 4) is 0 Å². The molecule has 0 bridgehead atoms. The van der Waals surface area contributed by atoms with Crippen molar-refractivity contribution in [2.24, 2.45) is 0 Å². The number of nitrogens with zero attached hydrogens (tertiary/aromatic N) is 1. The number of rotatable bonds is 4. The van der Waals surface area contributed by atoms with Gasteiger partial charge in [0.15, 0.2) is 0 Å². The summed E-state index contributed by atoms with van der Waals surface area (Å²) >= 11 is 6.16. The van der Waals surface area contributed by atoms with Crippen LogP contribution in [0.1, 0.15) is 24.2 Å². The van der Waals surface area contributed by atoms with Crippen LogP contribution in [0.3, 0.4) is 0 Å². The van der Waals surface area contributed by atoms with Gasteiger partial charge in [-0.3, -0.25) is 0 Å². The summed E-state index contributed by atoms with van der Waals surface area (Å²) in [5, 5.41) is 10.3. The van der Waals surface area contributed by atoms with Gasteiger partial charge in [0.25, 0.3) is 0 Å². The van der Waals surface area contributed by atoms with Crippen LogP contribution in [-0.2, 0) is 6.54 Å². The van der Waals surface area contributed by atoms with Crippen LogP contribution in [-0.4, -0.2) is 12.2 Å². The second-order valence-electron chi connectivity index (χ2n) is 4.71. The van der Waals surface area contributed by atoms with E-state index in [1.165, 1.54) is 0 Å². The van der Waals surface area contributed by atoms with Gasteiger partial charge in [-0.15, -0.1) is 0 Å². The molecule has 0 aromatic heterocycles. The molecule has 0 radical (unpaired) electrons. The molecule has 2 rings (SSSR count). The second kappa shape index (κ2) is 6.09. The molecular formula is C16H18ClNO. The normalized spacial score (nSPS) is 12.2. The maximum absolute atomic E-state index is 9.49. The van der Waals surface area contributed by atoms with Crippen LogP contribution in [0.15, 0.2) is 48.5 Å². The molecule has 0 saturated heterocycles. The monoisotopic (exact) mass is 275 g/mol. The van der Waals surface area contributed by atoms with Crippen molar-refractivity contribution in [2.75, 3.05) is 11.9 Å². The summed E-state index contributed by atoms with van der Waals surface area (Å²) in [7, 11) is 2.03. The molecule has 0 heterocycles. The number of benzene rings is 2. The molecule has 0 aliphatic carbocycles. The standard InChI is InChI=1S/C16H18ClNO/c1-12(19)13-7-9-15(10-8-13)18(2)11-14-5-3-4-6-16(14)17/h3-10,12,19H,11H2,1-2H3. The van der Waals surface area contributed by atoms with E-state index in [0.29, 0.717) is 0 Å². The number of hydrogen-bond donors (Lipinski definition) is 1. The average molecular weight is 276 g/mol. The minimum atomic E-state index is -0.428. The van der Waals surface area contributed by atoms with Gasteiger partial charge in [0.05, 0.1) is 6.10 Å². The Morgan fingerprint density at radius 3 is 2.32 bits per heavy atom. The highest BCUT2D eigenvalue weighted by Gasteiger charge is 2.06. The van der Waals surface area contributed by atoms with Crippen molar-refractivity contribution >= 4 is 17.3 Å². The highest BCUT2D eigenvalue weighted by molar-refractivity contribution is 6.31. The van der Waals surface area contributed by atoms with Crippen molar-refractivity contribution in [3.05, 3.63) is 64.7 Å². The van der Waals surface area contributed by atoms with Gasteiger partial charge in [-0.2, -0.15) is 0 Å². The van der Waals surface area contributed by atoms with E-state index < -0.39 is 6.10 Å². The Morgan fingerprint density at radius 1 is 1.11 bits per heavy atom. The van der Waals surface area contributed by atoms with Crippen LogP contribution >= 0.6 is 11.6 Å². The van der Waals surface area contributed by atoms with Crippen LogP contribution in [0.5, 0.6) is 0 Å². The number of anilines is 1. The van der Waals surface area contributed by atoms with Crippen molar-refractivity contribution in [1.29, 1.82) is 0 Å². The van der Waals surface area contributed by atoms with E-state index in [4.69, 9.17) is 11.6 Å². The van der Waals surface area contributed by atoms with Crippen molar-refractivity contribution < 1.29 is 5.11 Å². The Hall–Kier alpha value is -1.51. The Bertz CT molecular complexity index is 537. The van der Waals surface area contributed by atoms with Gasteiger partial charge in [0, 0.05) is 24.3 Å². The summed E-state index contributed by atoms with van der Waals surface area (Å²) in [5.41, 5.74) is 3.13. The predicted octanol–water partition coefficient (Wildman–Crippen LogP) is 4.03. The fourth-order valence-corrected chi connectivity index (χ4v) is 2.18. The molecule has 2 nitrogen and oxygen atoms in total. The maximum Gasteiger partial charge on any atom is 0.0761 e. The first kappa shape index (κ1) is 13.9. The molecule has 1 N–H and O–H groups in total. The second-order valence-corrected chi connectivity index (χ2v) is 5.12. The number of halogens is 1. The van der Waals surface area contributed by atoms with Gasteiger partial charge in [0.2, 0.25) is 0 Å². The Balaban J connectivity index is 2.12. The number of aliphatic hydroxyl groups is 1. The molecule has 0 aliphatic rings. The van der Waals surface area contributed by atoms with Crippen molar-refractivity contribution in [1.82, 2.24) is 0 Å². The number of hydrogen-bond acceptors (Lipinski definition) is 2. The van der Waals surface area contributed by atoms with E-state index in [-0.39, 0.29) is 0 Å². The van der Waals surface area contributed by atoms with Gasteiger partial charge in [0.1, 0.15) is 0 Å². The predicted molar refractivity (Wildman–Crippen MR) is 80.6 cm³/mol. The third-order valence-electron chi connectivity index (χ3n) is 3.18. The minimum Gasteiger partial charge on any atom is -0.389 e. The van der Waals surface area contributed by atoms with E-state index >= 15 is 0 Å². The molecular weight excluding hydrogens is 258 g/mol. The summed E-state index contributed by atoms with van der Waals surface area (Å²) in [6.07, 6.45) is -0.428. The molecule has 0 amide bonds. The molecule has 1 unspecified atom stereocenters.